The number of para-hydroxylation sites is 1. The Morgan fingerprint density at radius 1 is 1.14 bits per heavy atom. The van der Waals surface area contributed by atoms with Crippen molar-refractivity contribution in [1.82, 2.24) is 5.32 Å². The van der Waals surface area contributed by atoms with E-state index in [2.05, 4.69) is 5.32 Å². The molecule has 0 aliphatic heterocycles. The molecular formula is C17H17FN2O2. The van der Waals surface area contributed by atoms with Crippen LogP contribution in [0.3, 0.4) is 0 Å². The van der Waals surface area contributed by atoms with E-state index in [9.17, 15) is 14.5 Å². The van der Waals surface area contributed by atoms with Crippen molar-refractivity contribution >= 4 is 11.8 Å². The molecule has 0 aliphatic carbocycles. The first-order valence-corrected chi connectivity index (χ1v) is 7.02. The molecule has 0 radical (unpaired) electrons. The van der Waals surface area contributed by atoms with Crippen molar-refractivity contribution in [2.75, 3.05) is 13.1 Å². The van der Waals surface area contributed by atoms with E-state index in [0.29, 0.717) is 30.6 Å². The lowest BCUT2D eigenvalue weighted by atomic mass is 10.1. The summed E-state index contributed by atoms with van der Waals surface area (Å²) in [5, 5.41) is 14.0. The lowest BCUT2D eigenvalue weighted by Crippen LogP contribution is -2.17. The Labute approximate surface area is 128 Å². The van der Waals surface area contributed by atoms with Crippen molar-refractivity contribution in [3.05, 3.63) is 81.7 Å². The number of nitro benzene ring substituents is 1. The van der Waals surface area contributed by atoms with Crippen LogP contribution in [0.25, 0.3) is 6.08 Å². The standard InChI is InChI=1S/C17H17FN2O2/c18-16-9-3-1-6-14(16)11-13-19-12-5-8-15-7-2-4-10-17(15)20(21)22/h1-10,19H,11-13H2/b8-5+. The van der Waals surface area contributed by atoms with Crippen LogP contribution in [0.4, 0.5) is 10.1 Å². The van der Waals surface area contributed by atoms with Crippen LogP contribution in [0.2, 0.25) is 0 Å². The van der Waals surface area contributed by atoms with Crippen molar-refractivity contribution in [3.63, 3.8) is 0 Å². The van der Waals surface area contributed by atoms with Crippen molar-refractivity contribution in [3.8, 4) is 0 Å². The molecule has 0 fully saturated rings. The normalized spacial score (nSPS) is 11.0. The molecule has 0 aliphatic rings. The predicted molar refractivity (Wildman–Crippen MR) is 85.1 cm³/mol. The Balaban J connectivity index is 1.80. The number of nitro groups is 1. The fourth-order valence-corrected chi connectivity index (χ4v) is 2.09. The summed E-state index contributed by atoms with van der Waals surface area (Å²) in [6, 6.07) is 13.3. The quantitative estimate of drug-likeness (QED) is 0.483. The maximum atomic E-state index is 13.4. The summed E-state index contributed by atoms with van der Waals surface area (Å²) in [5.41, 5.74) is 1.34. The second kappa shape index (κ2) is 8.05. The number of nitrogens with one attached hydrogen (secondary N) is 1. The van der Waals surface area contributed by atoms with E-state index < -0.39 is 4.92 Å². The zero-order chi connectivity index (χ0) is 15.8. The fraction of sp³-hybridized carbons (Fsp3) is 0.176. The average molecular weight is 300 g/mol. The van der Waals surface area contributed by atoms with Gasteiger partial charge in [0.1, 0.15) is 5.82 Å². The molecule has 0 unspecified atom stereocenters. The summed E-state index contributed by atoms with van der Waals surface area (Å²) in [5.74, 6) is -0.195. The zero-order valence-electron chi connectivity index (χ0n) is 12.0. The van der Waals surface area contributed by atoms with Crippen LogP contribution < -0.4 is 5.32 Å². The van der Waals surface area contributed by atoms with Crippen molar-refractivity contribution in [1.29, 1.82) is 0 Å². The molecule has 0 saturated carbocycles. The molecule has 0 spiro atoms. The third kappa shape index (κ3) is 4.49. The van der Waals surface area contributed by atoms with Gasteiger partial charge in [0.05, 0.1) is 10.5 Å². The van der Waals surface area contributed by atoms with Crippen LogP contribution in [0.5, 0.6) is 0 Å². The summed E-state index contributed by atoms with van der Waals surface area (Å²) in [6.07, 6.45) is 4.14. The summed E-state index contributed by atoms with van der Waals surface area (Å²) >= 11 is 0. The molecule has 22 heavy (non-hydrogen) atoms. The molecule has 2 rings (SSSR count). The monoisotopic (exact) mass is 300 g/mol. The van der Waals surface area contributed by atoms with E-state index in [-0.39, 0.29) is 11.5 Å². The molecule has 0 heterocycles. The van der Waals surface area contributed by atoms with Crippen LogP contribution in [0, 0.1) is 15.9 Å². The minimum atomic E-state index is -0.398. The number of nitrogens with zero attached hydrogens (tertiary/aromatic N) is 1. The number of hydrogen-bond acceptors (Lipinski definition) is 3. The van der Waals surface area contributed by atoms with E-state index >= 15 is 0 Å². The van der Waals surface area contributed by atoms with Gasteiger partial charge in [-0.15, -0.1) is 0 Å². The van der Waals surface area contributed by atoms with Gasteiger partial charge < -0.3 is 5.32 Å². The van der Waals surface area contributed by atoms with Crippen LogP contribution in [-0.4, -0.2) is 18.0 Å². The summed E-state index contributed by atoms with van der Waals surface area (Å²) < 4.78 is 13.4. The maximum absolute atomic E-state index is 13.4. The third-order valence-corrected chi connectivity index (χ3v) is 3.22. The molecule has 5 heteroatoms. The number of halogens is 1. The van der Waals surface area contributed by atoms with Crippen molar-refractivity contribution in [2.45, 2.75) is 6.42 Å². The molecule has 0 bridgehead atoms. The highest BCUT2D eigenvalue weighted by Gasteiger charge is 2.08. The van der Waals surface area contributed by atoms with Gasteiger partial charge in [-0.05, 0) is 30.7 Å². The van der Waals surface area contributed by atoms with E-state index in [1.165, 1.54) is 12.1 Å². The van der Waals surface area contributed by atoms with Crippen molar-refractivity contribution < 1.29 is 9.31 Å². The van der Waals surface area contributed by atoms with Crippen molar-refractivity contribution in [2.24, 2.45) is 0 Å². The van der Waals surface area contributed by atoms with Gasteiger partial charge in [0.25, 0.3) is 5.69 Å². The maximum Gasteiger partial charge on any atom is 0.276 e. The van der Waals surface area contributed by atoms with Crippen LogP contribution in [-0.2, 0) is 6.42 Å². The Hall–Kier alpha value is -2.53. The Kier molecular flexibility index (Phi) is 5.80. The highest BCUT2D eigenvalue weighted by Crippen LogP contribution is 2.18. The second-order valence-corrected chi connectivity index (χ2v) is 4.76. The highest BCUT2D eigenvalue weighted by atomic mass is 19.1. The summed E-state index contributed by atoms with van der Waals surface area (Å²) in [7, 11) is 0. The fourth-order valence-electron chi connectivity index (χ4n) is 2.09. The largest absolute Gasteiger partial charge is 0.313 e. The minimum absolute atomic E-state index is 0.0881. The Morgan fingerprint density at radius 3 is 2.64 bits per heavy atom. The number of hydrogen-bond donors (Lipinski definition) is 1. The van der Waals surface area contributed by atoms with Gasteiger partial charge in [-0.1, -0.05) is 42.5 Å². The molecule has 0 amide bonds. The van der Waals surface area contributed by atoms with E-state index in [1.807, 2.05) is 12.1 Å². The highest BCUT2D eigenvalue weighted by molar-refractivity contribution is 5.60. The first-order valence-electron chi connectivity index (χ1n) is 7.02. The molecule has 0 atom stereocenters. The summed E-state index contributed by atoms with van der Waals surface area (Å²) in [6.45, 7) is 1.21. The van der Waals surface area contributed by atoms with E-state index in [0.717, 1.165) is 0 Å². The van der Waals surface area contributed by atoms with Gasteiger partial charge in [-0.3, -0.25) is 10.1 Å². The van der Waals surface area contributed by atoms with Crippen LogP contribution in [0.15, 0.2) is 54.6 Å². The second-order valence-electron chi connectivity index (χ2n) is 4.76. The van der Waals surface area contributed by atoms with Gasteiger partial charge >= 0.3 is 0 Å². The number of benzene rings is 2. The molecule has 4 nitrogen and oxygen atoms in total. The van der Waals surface area contributed by atoms with Gasteiger partial charge in [0.15, 0.2) is 0 Å². The zero-order valence-corrected chi connectivity index (χ0v) is 12.0. The predicted octanol–water partition coefficient (Wildman–Crippen LogP) is 3.58. The molecule has 2 aromatic carbocycles. The third-order valence-electron chi connectivity index (χ3n) is 3.22. The van der Waals surface area contributed by atoms with Crippen LogP contribution >= 0.6 is 0 Å². The Bertz CT molecular complexity index is 671. The van der Waals surface area contributed by atoms with E-state index in [4.69, 9.17) is 0 Å². The molecule has 0 saturated heterocycles. The van der Waals surface area contributed by atoms with Gasteiger partial charge in [0, 0.05) is 12.6 Å². The summed E-state index contributed by atoms with van der Waals surface area (Å²) in [4.78, 5) is 10.5. The van der Waals surface area contributed by atoms with E-state index in [1.54, 1.807) is 36.4 Å². The molecule has 114 valence electrons. The lowest BCUT2D eigenvalue weighted by molar-refractivity contribution is -0.385. The average Bonchev–Trinajstić information content (AvgIpc) is 2.52. The first kappa shape index (κ1) is 15.9. The molecule has 2 aromatic rings. The first-order chi connectivity index (χ1) is 10.7. The number of rotatable bonds is 7. The minimum Gasteiger partial charge on any atom is -0.313 e. The molecule has 1 N–H and O–H groups in total. The smallest absolute Gasteiger partial charge is 0.276 e. The molecular weight excluding hydrogens is 283 g/mol. The molecule has 0 aromatic heterocycles. The topological polar surface area (TPSA) is 55.2 Å². The van der Waals surface area contributed by atoms with Gasteiger partial charge in [0.2, 0.25) is 0 Å². The Morgan fingerprint density at radius 2 is 1.86 bits per heavy atom. The SMILES string of the molecule is O=[N+]([O-])c1ccccc1/C=C/CNCCc1ccccc1F. The van der Waals surface area contributed by atoms with Crippen LogP contribution in [0.1, 0.15) is 11.1 Å². The lowest BCUT2D eigenvalue weighted by Gasteiger charge is -2.03. The van der Waals surface area contributed by atoms with Gasteiger partial charge in [-0.25, -0.2) is 4.39 Å². The van der Waals surface area contributed by atoms with Gasteiger partial charge in [-0.2, -0.15) is 0 Å².